The third kappa shape index (κ3) is 5.26. The molecule has 4 rings (SSSR count). The van der Waals surface area contributed by atoms with E-state index in [0.717, 1.165) is 16.8 Å². The van der Waals surface area contributed by atoms with Crippen molar-refractivity contribution in [1.29, 1.82) is 0 Å². The van der Waals surface area contributed by atoms with Gasteiger partial charge in [-0.15, -0.1) is 0 Å². The maximum absolute atomic E-state index is 13.1. The van der Waals surface area contributed by atoms with E-state index < -0.39 is 0 Å². The number of benzene rings is 2. The maximum atomic E-state index is 13.1. The lowest BCUT2D eigenvalue weighted by Crippen LogP contribution is -2.13. The number of carbonyl (C=O) groups excluding carboxylic acids is 2. The average Bonchev–Trinajstić information content (AvgIpc) is 3.22. The molecule has 34 heavy (non-hydrogen) atoms. The Morgan fingerprint density at radius 3 is 2.50 bits per heavy atom. The highest BCUT2D eigenvalue weighted by Crippen LogP contribution is 2.30. The third-order valence-corrected chi connectivity index (χ3v) is 5.44. The SMILES string of the molecule is CC(=O)Nc1cc(COc2cccc3[nH]cc(C(=O)Nc4ccc(C(C)(C)C)cc4)c23)ccn1. The number of carbonyl (C=O) groups is 2. The molecule has 2 heterocycles. The van der Waals surface area contributed by atoms with Crippen molar-refractivity contribution in [3.8, 4) is 5.75 Å². The lowest BCUT2D eigenvalue weighted by atomic mass is 9.87. The van der Waals surface area contributed by atoms with Crippen LogP contribution in [0.15, 0.2) is 67.0 Å². The van der Waals surface area contributed by atoms with Crippen LogP contribution < -0.4 is 15.4 Å². The van der Waals surface area contributed by atoms with Gasteiger partial charge in [-0.1, -0.05) is 39.0 Å². The number of amides is 2. The number of pyridine rings is 1. The van der Waals surface area contributed by atoms with Crippen LogP contribution in [0.3, 0.4) is 0 Å². The summed E-state index contributed by atoms with van der Waals surface area (Å²) in [6.45, 7) is 8.15. The summed E-state index contributed by atoms with van der Waals surface area (Å²) < 4.78 is 6.08. The standard InChI is InChI=1S/C27H28N4O3/c1-17(32)30-24-14-18(12-13-28-24)16-34-23-7-5-6-22-25(23)21(15-29-22)26(33)31-20-10-8-19(9-11-20)27(2,3)4/h5-15,29H,16H2,1-4H3,(H,31,33)(H,28,30,32). The second kappa shape index (κ2) is 9.39. The molecular formula is C27H28N4O3. The van der Waals surface area contributed by atoms with Gasteiger partial charge in [-0.3, -0.25) is 9.59 Å². The third-order valence-electron chi connectivity index (χ3n) is 5.44. The Labute approximate surface area is 198 Å². The molecule has 0 radical (unpaired) electrons. The zero-order valence-corrected chi connectivity index (χ0v) is 19.7. The maximum Gasteiger partial charge on any atom is 0.257 e. The van der Waals surface area contributed by atoms with Gasteiger partial charge in [0.2, 0.25) is 5.91 Å². The van der Waals surface area contributed by atoms with Gasteiger partial charge in [0.1, 0.15) is 18.2 Å². The van der Waals surface area contributed by atoms with Gasteiger partial charge < -0.3 is 20.4 Å². The molecule has 174 valence electrons. The molecular weight excluding hydrogens is 428 g/mol. The predicted octanol–water partition coefficient (Wildman–Crippen LogP) is 5.65. The van der Waals surface area contributed by atoms with Crippen LogP contribution in [-0.4, -0.2) is 21.8 Å². The zero-order chi connectivity index (χ0) is 24.3. The lowest BCUT2D eigenvalue weighted by molar-refractivity contribution is -0.114. The summed E-state index contributed by atoms with van der Waals surface area (Å²) in [6.07, 6.45) is 3.31. The fourth-order valence-electron chi connectivity index (χ4n) is 3.68. The minimum Gasteiger partial charge on any atom is -0.488 e. The molecule has 0 saturated heterocycles. The predicted molar refractivity (Wildman–Crippen MR) is 134 cm³/mol. The van der Waals surface area contributed by atoms with Crippen molar-refractivity contribution in [1.82, 2.24) is 9.97 Å². The van der Waals surface area contributed by atoms with Crippen molar-refractivity contribution in [2.45, 2.75) is 39.7 Å². The summed E-state index contributed by atoms with van der Waals surface area (Å²) in [5, 5.41) is 6.35. The number of ether oxygens (including phenoxy) is 1. The molecule has 2 aromatic heterocycles. The molecule has 2 amide bonds. The van der Waals surface area contributed by atoms with E-state index >= 15 is 0 Å². The topological polar surface area (TPSA) is 96.1 Å². The molecule has 4 aromatic rings. The quantitative estimate of drug-likeness (QED) is 0.349. The van der Waals surface area contributed by atoms with Crippen LogP contribution in [0.25, 0.3) is 10.9 Å². The molecule has 0 bridgehead atoms. The van der Waals surface area contributed by atoms with Crippen LogP contribution in [-0.2, 0) is 16.8 Å². The molecule has 0 aliphatic heterocycles. The van der Waals surface area contributed by atoms with Crippen molar-refractivity contribution < 1.29 is 14.3 Å². The number of aromatic amines is 1. The van der Waals surface area contributed by atoms with Crippen LogP contribution in [0.4, 0.5) is 11.5 Å². The van der Waals surface area contributed by atoms with Gasteiger partial charge in [0.25, 0.3) is 5.91 Å². The number of fused-ring (bicyclic) bond motifs is 1. The van der Waals surface area contributed by atoms with E-state index in [1.807, 2.05) is 48.5 Å². The summed E-state index contributed by atoms with van der Waals surface area (Å²) in [5.74, 6) is 0.643. The fraction of sp³-hybridized carbons (Fsp3) is 0.222. The summed E-state index contributed by atoms with van der Waals surface area (Å²) in [7, 11) is 0. The van der Waals surface area contributed by atoms with E-state index in [1.165, 1.54) is 12.5 Å². The summed E-state index contributed by atoms with van der Waals surface area (Å²) in [6, 6.07) is 17.1. The number of H-pyrrole nitrogens is 1. The Hall–Kier alpha value is -4.13. The zero-order valence-electron chi connectivity index (χ0n) is 19.7. The molecule has 0 spiro atoms. The van der Waals surface area contributed by atoms with Crippen LogP contribution in [0, 0.1) is 0 Å². The van der Waals surface area contributed by atoms with E-state index in [1.54, 1.807) is 18.5 Å². The first-order valence-corrected chi connectivity index (χ1v) is 11.1. The van der Waals surface area contributed by atoms with Gasteiger partial charge in [-0.25, -0.2) is 4.98 Å². The number of aromatic nitrogens is 2. The van der Waals surface area contributed by atoms with Gasteiger partial charge in [-0.2, -0.15) is 0 Å². The molecule has 7 heteroatoms. The first-order valence-electron chi connectivity index (χ1n) is 11.1. The Bertz CT molecular complexity index is 1330. The van der Waals surface area contributed by atoms with Crippen LogP contribution >= 0.6 is 0 Å². The Morgan fingerprint density at radius 2 is 1.79 bits per heavy atom. The highest BCUT2D eigenvalue weighted by atomic mass is 16.5. The Kier molecular flexibility index (Phi) is 6.36. The molecule has 7 nitrogen and oxygen atoms in total. The van der Waals surface area contributed by atoms with E-state index in [2.05, 4.69) is 41.4 Å². The van der Waals surface area contributed by atoms with Gasteiger partial charge in [0, 0.05) is 30.5 Å². The number of anilines is 2. The van der Waals surface area contributed by atoms with E-state index in [-0.39, 0.29) is 23.8 Å². The Balaban J connectivity index is 1.54. The van der Waals surface area contributed by atoms with Gasteiger partial charge in [0.05, 0.1) is 10.9 Å². The van der Waals surface area contributed by atoms with Crippen LogP contribution in [0.5, 0.6) is 5.75 Å². The van der Waals surface area contributed by atoms with E-state index in [0.29, 0.717) is 22.5 Å². The van der Waals surface area contributed by atoms with Crippen molar-refractivity contribution in [3.63, 3.8) is 0 Å². The summed E-state index contributed by atoms with van der Waals surface area (Å²) in [5.41, 5.74) is 4.12. The molecule has 0 fully saturated rings. The van der Waals surface area contributed by atoms with Gasteiger partial charge in [0.15, 0.2) is 0 Å². The minimum atomic E-state index is -0.220. The monoisotopic (exact) mass is 456 g/mol. The summed E-state index contributed by atoms with van der Waals surface area (Å²) in [4.78, 5) is 31.7. The van der Waals surface area contributed by atoms with Crippen molar-refractivity contribution >= 4 is 34.2 Å². The Morgan fingerprint density at radius 1 is 1.03 bits per heavy atom. The molecule has 0 saturated carbocycles. The van der Waals surface area contributed by atoms with Crippen LogP contribution in [0.1, 0.15) is 49.2 Å². The van der Waals surface area contributed by atoms with Crippen LogP contribution in [0.2, 0.25) is 0 Å². The molecule has 2 aromatic carbocycles. The highest BCUT2D eigenvalue weighted by molar-refractivity contribution is 6.14. The molecule has 0 unspecified atom stereocenters. The first kappa shape index (κ1) is 23.0. The van der Waals surface area contributed by atoms with Gasteiger partial charge in [-0.05, 0) is 52.9 Å². The number of rotatable bonds is 6. The van der Waals surface area contributed by atoms with E-state index in [4.69, 9.17) is 4.74 Å². The largest absolute Gasteiger partial charge is 0.488 e. The number of hydrogen-bond donors (Lipinski definition) is 3. The van der Waals surface area contributed by atoms with E-state index in [9.17, 15) is 9.59 Å². The number of nitrogens with one attached hydrogen (secondary N) is 3. The van der Waals surface area contributed by atoms with Crippen molar-refractivity contribution in [2.24, 2.45) is 0 Å². The molecule has 0 atom stereocenters. The molecule has 0 aliphatic carbocycles. The lowest BCUT2D eigenvalue weighted by Gasteiger charge is -2.19. The van der Waals surface area contributed by atoms with Crippen molar-refractivity contribution in [3.05, 3.63) is 83.7 Å². The minimum absolute atomic E-state index is 0.0450. The second-order valence-corrected chi connectivity index (χ2v) is 9.18. The smallest absolute Gasteiger partial charge is 0.257 e. The summed E-state index contributed by atoms with van der Waals surface area (Å²) >= 11 is 0. The first-order chi connectivity index (χ1) is 16.2. The molecule has 3 N–H and O–H groups in total. The molecule has 0 aliphatic rings. The number of hydrogen-bond acceptors (Lipinski definition) is 4. The number of nitrogens with zero attached hydrogens (tertiary/aromatic N) is 1. The highest BCUT2D eigenvalue weighted by Gasteiger charge is 2.17. The van der Waals surface area contributed by atoms with Gasteiger partial charge >= 0.3 is 0 Å². The fourth-order valence-corrected chi connectivity index (χ4v) is 3.68. The second-order valence-electron chi connectivity index (χ2n) is 9.18. The average molecular weight is 457 g/mol. The normalized spacial score (nSPS) is 11.3. The van der Waals surface area contributed by atoms with Crippen molar-refractivity contribution in [2.75, 3.05) is 10.6 Å².